The quantitative estimate of drug-likeness (QED) is 0.371. The molecule has 3 N–H and O–H groups in total. The fourth-order valence-electron chi connectivity index (χ4n) is 0.258. The molecule has 62 valence electrons. The van der Waals surface area contributed by atoms with Gasteiger partial charge in [-0.2, -0.15) is 8.42 Å². The first-order valence-corrected chi connectivity index (χ1v) is 5.03. The fourth-order valence-corrected chi connectivity index (χ4v) is 1.02. The number of hydrogen-bond acceptors (Lipinski definition) is 4. The van der Waals surface area contributed by atoms with Gasteiger partial charge in [-0.25, -0.2) is 4.21 Å². The zero-order valence-electron chi connectivity index (χ0n) is 4.85. The molecule has 0 rings (SSSR count). The molecular weight excluding hydrogens is 182 g/mol. The van der Waals surface area contributed by atoms with Crippen molar-refractivity contribution in [3.63, 3.8) is 0 Å². The van der Waals surface area contributed by atoms with Crippen molar-refractivity contribution in [2.24, 2.45) is 0 Å². The molecule has 0 aromatic heterocycles. The first-order chi connectivity index (χ1) is 4.42. The van der Waals surface area contributed by atoms with Crippen LogP contribution >= 0.6 is 0 Å². The predicted octanol–water partition coefficient (Wildman–Crippen LogP) is -1.40. The third-order valence-corrected chi connectivity index (χ3v) is 1.53. The van der Waals surface area contributed by atoms with Crippen LogP contribution in [0.1, 0.15) is 0 Å². The third-order valence-electron chi connectivity index (χ3n) is 0.510. The lowest BCUT2D eigenvalue weighted by atomic mass is 11.2. The zero-order valence-corrected chi connectivity index (χ0v) is 6.48. The van der Waals surface area contributed by atoms with E-state index in [4.69, 9.17) is 9.11 Å². The van der Waals surface area contributed by atoms with Crippen LogP contribution in [0.5, 0.6) is 0 Å². The SMILES string of the molecule is O=S(O)CNCS(=O)(=O)O. The van der Waals surface area contributed by atoms with Crippen molar-refractivity contribution >= 4 is 21.2 Å². The van der Waals surface area contributed by atoms with Crippen LogP contribution in [0.4, 0.5) is 0 Å². The smallest absolute Gasteiger partial charge is 0.278 e. The van der Waals surface area contributed by atoms with Gasteiger partial charge in [0.05, 0.1) is 5.88 Å². The monoisotopic (exact) mass is 189 g/mol. The van der Waals surface area contributed by atoms with Gasteiger partial charge in [-0.3, -0.25) is 9.87 Å². The Labute approximate surface area is 60.7 Å². The molecule has 8 heteroatoms. The molecule has 0 heterocycles. The lowest BCUT2D eigenvalue weighted by Crippen LogP contribution is -2.25. The summed E-state index contributed by atoms with van der Waals surface area (Å²) in [4.78, 5) is 0. The molecule has 0 saturated carbocycles. The standard InChI is InChI=1S/C2H7NO5S2/c4-9(5)1-3-2-10(6,7)8/h3H,1-2H2,(H,4,5)(H,6,7,8). The Kier molecular flexibility index (Phi) is 3.98. The fraction of sp³-hybridized carbons (Fsp3) is 1.00. The predicted molar refractivity (Wildman–Crippen MR) is 35.2 cm³/mol. The van der Waals surface area contributed by atoms with E-state index in [1.54, 1.807) is 0 Å². The number of hydrogen-bond donors (Lipinski definition) is 3. The maximum Gasteiger partial charge on any atom is 0.278 e. The molecule has 0 aliphatic carbocycles. The second-order valence-electron chi connectivity index (χ2n) is 1.44. The number of nitrogens with one attached hydrogen (secondary N) is 1. The van der Waals surface area contributed by atoms with Gasteiger partial charge in [0.2, 0.25) is 0 Å². The van der Waals surface area contributed by atoms with Crippen LogP contribution in [0, 0.1) is 0 Å². The molecule has 0 aromatic rings. The molecular formula is C2H7NO5S2. The van der Waals surface area contributed by atoms with E-state index in [0.717, 1.165) is 0 Å². The first kappa shape index (κ1) is 9.98. The highest BCUT2D eigenvalue weighted by molar-refractivity contribution is 7.85. The van der Waals surface area contributed by atoms with Crippen LogP contribution in [0.15, 0.2) is 0 Å². The van der Waals surface area contributed by atoms with Gasteiger partial charge in [0.15, 0.2) is 11.1 Å². The van der Waals surface area contributed by atoms with E-state index in [9.17, 15) is 12.6 Å². The van der Waals surface area contributed by atoms with Crippen molar-refractivity contribution < 1.29 is 21.7 Å². The van der Waals surface area contributed by atoms with Crippen LogP contribution in [0.25, 0.3) is 0 Å². The molecule has 1 atom stereocenters. The Bertz CT molecular complexity index is 208. The first-order valence-electron chi connectivity index (χ1n) is 2.15. The molecule has 0 aliphatic rings. The molecule has 0 fully saturated rings. The summed E-state index contributed by atoms with van der Waals surface area (Å²) in [6, 6.07) is 0. The summed E-state index contributed by atoms with van der Waals surface area (Å²) >= 11 is -2.09. The van der Waals surface area contributed by atoms with Crippen molar-refractivity contribution in [2.75, 3.05) is 11.8 Å². The molecule has 1 unspecified atom stereocenters. The van der Waals surface area contributed by atoms with Gasteiger partial charge >= 0.3 is 0 Å². The maximum atomic E-state index is 9.93. The Hall–Kier alpha value is -0.0200. The molecule has 0 aliphatic heterocycles. The normalized spacial score (nSPS) is 15.0. The minimum Gasteiger partial charge on any atom is -0.305 e. The van der Waals surface area contributed by atoms with Crippen molar-refractivity contribution in [3.8, 4) is 0 Å². The third kappa shape index (κ3) is 7.98. The summed E-state index contributed by atoms with van der Waals surface area (Å²) in [5.41, 5.74) is 0. The van der Waals surface area contributed by atoms with Gasteiger partial charge in [0, 0.05) is 0 Å². The number of rotatable bonds is 4. The highest BCUT2D eigenvalue weighted by Crippen LogP contribution is 1.76. The maximum absolute atomic E-state index is 9.93. The van der Waals surface area contributed by atoms with Gasteiger partial charge in [-0.1, -0.05) is 0 Å². The van der Waals surface area contributed by atoms with Crippen LogP contribution in [-0.4, -0.2) is 33.5 Å². The van der Waals surface area contributed by atoms with Crippen LogP contribution < -0.4 is 5.32 Å². The molecule has 0 radical (unpaired) electrons. The van der Waals surface area contributed by atoms with Crippen molar-refractivity contribution in [1.82, 2.24) is 5.32 Å². The van der Waals surface area contributed by atoms with Gasteiger partial charge in [0.25, 0.3) is 10.1 Å². The summed E-state index contributed by atoms with van der Waals surface area (Å²) < 4.78 is 45.8. The molecule has 0 bridgehead atoms. The summed E-state index contributed by atoms with van der Waals surface area (Å²) in [5, 5.41) is 2.04. The second kappa shape index (κ2) is 3.98. The van der Waals surface area contributed by atoms with Gasteiger partial charge in [-0.15, -0.1) is 0 Å². The van der Waals surface area contributed by atoms with Gasteiger partial charge < -0.3 is 4.55 Å². The average Bonchev–Trinajstić information content (AvgIpc) is 1.59. The van der Waals surface area contributed by atoms with Crippen LogP contribution in [0.2, 0.25) is 0 Å². The molecule has 6 nitrogen and oxygen atoms in total. The Balaban J connectivity index is 3.49. The Morgan fingerprint density at radius 3 is 2.30 bits per heavy atom. The highest BCUT2D eigenvalue weighted by Gasteiger charge is 2.02. The van der Waals surface area contributed by atoms with Crippen molar-refractivity contribution in [2.45, 2.75) is 0 Å². The zero-order chi connectivity index (χ0) is 8.20. The highest BCUT2D eigenvalue weighted by atomic mass is 32.2. The summed E-state index contributed by atoms with van der Waals surface area (Å²) in [6.45, 7) is 0. The van der Waals surface area contributed by atoms with Crippen LogP contribution in [0.3, 0.4) is 0 Å². The van der Waals surface area contributed by atoms with E-state index >= 15 is 0 Å². The van der Waals surface area contributed by atoms with E-state index in [1.807, 2.05) is 5.32 Å². The van der Waals surface area contributed by atoms with Gasteiger partial charge in [-0.05, 0) is 0 Å². The topological polar surface area (TPSA) is 104 Å². The van der Waals surface area contributed by atoms with E-state index in [2.05, 4.69) is 0 Å². The van der Waals surface area contributed by atoms with Crippen molar-refractivity contribution in [3.05, 3.63) is 0 Å². The van der Waals surface area contributed by atoms with E-state index in [-0.39, 0.29) is 5.88 Å². The lowest BCUT2D eigenvalue weighted by molar-refractivity contribution is 0.478. The van der Waals surface area contributed by atoms with Crippen LogP contribution in [-0.2, 0) is 21.2 Å². The molecule has 0 spiro atoms. The molecule has 0 aromatic carbocycles. The second-order valence-corrected chi connectivity index (χ2v) is 3.83. The van der Waals surface area contributed by atoms with E-state index in [0.29, 0.717) is 0 Å². The Morgan fingerprint density at radius 1 is 1.50 bits per heavy atom. The average molecular weight is 189 g/mol. The molecule has 0 amide bonds. The van der Waals surface area contributed by atoms with Gasteiger partial charge in [0.1, 0.15) is 5.88 Å². The molecule has 10 heavy (non-hydrogen) atoms. The Morgan fingerprint density at radius 2 is 2.00 bits per heavy atom. The minimum atomic E-state index is -4.08. The lowest BCUT2D eigenvalue weighted by Gasteiger charge is -1.96. The van der Waals surface area contributed by atoms with E-state index < -0.39 is 27.1 Å². The summed E-state index contributed by atoms with van der Waals surface area (Å²) in [6.07, 6.45) is 0. The largest absolute Gasteiger partial charge is 0.305 e. The summed E-state index contributed by atoms with van der Waals surface area (Å²) in [7, 11) is -4.08. The van der Waals surface area contributed by atoms with Crippen molar-refractivity contribution in [1.29, 1.82) is 0 Å². The van der Waals surface area contributed by atoms with E-state index in [1.165, 1.54) is 0 Å². The molecule has 0 saturated heterocycles. The minimum absolute atomic E-state index is 0.375. The summed E-state index contributed by atoms with van der Waals surface area (Å²) in [5.74, 6) is -1.08.